The zero-order valence-corrected chi connectivity index (χ0v) is 15.6. The summed E-state index contributed by atoms with van der Waals surface area (Å²) in [6, 6.07) is 7.87. The van der Waals surface area contributed by atoms with Crippen LogP contribution in [0.3, 0.4) is 0 Å². The van der Waals surface area contributed by atoms with Crippen LogP contribution in [0, 0.1) is 0 Å². The standard InChI is InChI=1S/C18H30ClN5/c1-20-18(22-15-16-5-7-17(19)8-6-16)21-9-3-4-10-24-13-11-23(2)12-14-24/h5-8H,3-4,9-15H2,1-2H3,(H2,20,21,22). The SMILES string of the molecule is CN=C(NCCCCN1CCN(C)CC1)NCc1ccc(Cl)cc1. The molecule has 1 aromatic carbocycles. The van der Waals surface area contributed by atoms with Crippen LogP contribution in [0.25, 0.3) is 0 Å². The summed E-state index contributed by atoms with van der Waals surface area (Å²) in [4.78, 5) is 9.23. The maximum absolute atomic E-state index is 5.90. The Kier molecular flexibility index (Phi) is 8.36. The predicted octanol–water partition coefficient (Wildman–Crippen LogP) is 2.03. The van der Waals surface area contributed by atoms with Crippen molar-refractivity contribution in [3.63, 3.8) is 0 Å². The number of likely N-dealkylation sites (N-methyl/N-ethyl adjacent to an activating group) is 1. The van der Waals surface area contributed by atoms with Crippen LogP contribution < -0.4 is 10.6 Å². The van der Waals surface area contributed by atoms with Crippen LogP contribution >= 0.6 is 11.6 Å². The Morgan fingerprint density at radius 3 is 2.46 bits per heavy atom. The molecule has 0 saturated carbocycles. The smallest absolute Gasteiger partial charge is 0.191 e. The third-order valence-electron chi connectivity index (χ3n) is 4.39. The van der Waals surface area contributed by atoms with Gasteiger partial charge in [-0.05, 0) is 44.1 Å². The van der Waals surface area contributed by atoms with Gasteiger partial charge in [0.15, 0.2) is 5.96 Å². The van der Waals surface area contributed by atoms with Crippen molar-refractivity contribution in [2.45, 2.75) is 19.4 Å². The molecule has 24 heavy (non-hydrogen) atoms. The summed E-state index contributed by atoms with van der Waals surface area (Å²) in [6.45, 7) is 7.69. The largest absolute Gasteiger partial charge is 0.356 e. The maximum atomic E-state index is 5.90. The van der Waals surface area contributed by atoms with E-state index in [0.717, 1.165) is 30.5 Å². The van der Waals surface area contributed by atoms with Gasteiger partial charge in [-0.1, -0.05) is 23.7 Å². The Hall–Kier alpha value is -1.30. The van der Waals surface area contributed by atoms with E-state index in [-0.39, 0.29) is 0 Å². The molecule has 2 rings (SSSR count). The number of hydrogen-bond donors (Lipinski definition) is 2. The minimum Gasteiger partial charge on any atom is -0.356 e. The van der Waals surface area contributed by atoms with Gasteiger partial charge < -0.3 is 20.4 Å². The molecule has 0 unspecified atom stereocenters. The summed E-state index contributed by atoms with van der Waals surface area (Å²) in [5.74, 6) is 0.851. The summed E-state index contributed by atoms with van der Waals surface area (Å²) in [5, 5.41) is 7.48. The zero-order valence-electron chi connectivity index (χ0n) is 14.9. The number of aliphatic imine (C=N–C) groups is 1. The van der Waals surface area contributed by atoms with Crippen molar-refractivity contribution in [3.05, 3.63) is 34.9 Å². The summed E-state index contributed by atoms with van der Waals surface area (Å²) in [6.07, 6.45) is 2.39. The van der Waals surface area contributed by atoms with E-state index in [0.29, 0.717) is 0 Å². The molecule has 0 atom stereocenters. The van der Waals surface area contributed by atoms with Crippen LogP contribution in [-0.4, -0.2) is 69.1 Å². The summed E-state index contributed by atoms with van der Waals surface area (Å²) in [5.41, 5.74) is 1.19. The highest BCUT2D eigenvalue weighted by Gasteiger charge is 2.12. The second-order valence-electron chi connectivity index (χ2n) is 6.33. The van der Waals surface area contributed by atoms with Crippen molar-refractivity contribution < 1.29 is 0 Å². The zero-order chi connectivity index (χ0) is 17.2. The van der Waals surface area contributed by atoms with E-state index in [4.69, 9.17) is 11.6 Å². The van der Waals surface area contributed by atoms with E-state index >= 15 is 0 Å². The molecule has 1 aliphatic rings. The van der Waals surface area contributed by atoms with Gasteiger partial charge in [-0.15, -0.1) is 0 Å². The quantitative estimate of drug-likeness (QED) is 0.448. The number of unbranched alkanes of at least 4 members (excludes halogenated alkanes) is 1. The lowest BCUT2D eigenvalue weighted by Crippen LogP contribution is -2.44. The molecule has 0 amide bonds. The number of guanidine groups is 1. The Morgan fingerprint density at radius 1 is 1.08 bits per heavy atom. The third-order valence-corrected chi connectivity index (χ3v) is 4.64. The molecule has 1 heterocycles. The molecule has 2 N–H and O–H groups in total. The van der Waals surface area contributed by atoms with Gasteiger partial charge in [0.2, 0.25) is 0 Å². The summed E-state index contributed by atoms with van der Waals surface area (Å²) >= 11 is 5.90. The normalized spacial score (nSPS) is 17.0. The van der Waals surface area contributed by atoms with Gasteiger partial charge >= 0.3 is 0 Å². The number of benzene rings is 1. The molecule has 1 fully saturated rings. The maximum Gasteiger partial charge on any atom is 0.191 e. The number of hydrogen-bond acceptors (Lipinski definition) is 3. The fourth-order valence-electron chi connectivity index (χ4n) is 2.75. The number of rotatable bonds is 7. The van der Waals surface area contributed by atoms with Gasteiger partial charge in [0.25, 0.3) is 0 Å². The van der Waals surface area contributed by atoms with E-state index in [2.05, 4.69) is 32.5 Å². The van der Waals surface area contributed by atoms with Crippen LogP contribution in [0.4, 0.5) is 0 Å². The molecule has 0 radical (unpaired) electrons. The average Bonchev–Trinajstić information content (AvgIpc) is 2.60. The average molecular weight is 352 g/mol. The Morgan fingerprint density at radius 2 is 1.79 bits per heavy atom. The molecule has 5 nitrogen and oxygen atoms in total. The molecule has 0 spiro atoms. The lowest BCUT2D eigenvalue weighted by molar-refractivity contribution is 0.152. The minimum absolute atomic E-state index is 0.748. The van der Waals surface area contributed by atoms with Gasteiger partial charge in [-0.2, -0.15) is 0 Å². The van der Waals surface area contributed by atoms with Gasteiger partial charge in [0.05, 0.1) is 0 Å². The molecule has 134 valence electrons. The van der Waals surface area contributed by atoms with Crippen molar-refractivity contribution in [1.82, 2.24) is 20.4 Å². The van der Waals surface area contributed by atoms with Crippen LogP contribution in [0.5, 0.6) is 0 Å². The fourth-order valence-corrected chi connectivity index (χ4v) is 2.87. The Balaban J connectivity index is 1.55. The number of nitrogens with one attached hydrogen (secondary N) is 2. The van der Waals surface area contributed by atoms with E-state index in [1.54, 1.807) is 7.05 Å². The van der Waals surface area contributed by atoms with E-state index in [1.807, 2.05) is 24.3 Å². The van der Waals surface area contributed by atoms with Gasteiger partial charge in [-0.3, -0.25) is 4.99 Å². The first-order valence-corrected chi connectivity index (χ1v) is 9.15. The fraction of sp³-hybridized carbons (Fsp3) is 0.611. The monoisotopic (exact) mass is 351 g/mol. The first-order chi connectivity index (χ1) is 11.7. The molecule has 1 aromatic rings. The lowest BCUT2D eigenvalue weighted by atomic mass is 10.2. The van der Waals surface area contributed by atoms with Crippen molar-refractivity contribution in [3.8, 4) is 0 Å². The highest BCUT2D eigenvalue weighted by Crippen LogP contribution is 2.09. The molecule has 0 aromatic heterocycles. The third kappa shape index (κ3) is 7.07. The van der Waals surface area contributed by atoms with Crippen LogP contribution in [-0.2, 0) is 6.54 Å². The number of halogens is 1. The molecule has 1 saturated heterocycles. The predicted molar refractivity (Wildman–Crippen MR) is 103 cm³/mol. The minimum atomic E-state index is 0.748. The number of nitrogens with zero attached hydrogens (tertiary/aromatic N) is 3. The molecule has 6 heteroatoms. The highest BCUT2D eigenvalue weighted by molar-refractivity contribution is 6.30. The van der Waals surface area contributed by atoms with E-state index < -0.39 is 0 Å². The lowest BCUT2D eigenvalue weighted by Gasteiger charge is -2.32. The van der Waals surface area contributed by atoms with Crippen LogP contribution in [0.1, 0.15) is 18.4 Å². The molecule has 1 aliphatic heterocycles. The Labute approximate surface area is 151 Å². The van der Waals surface area contributed by atoms with E-state index in [9.17, 15) is 0 Å². The van der Waals surface area contributed by atoms with Crippen molar-refractivity contribution in [2.24, 2.45) is 4.99 Å². The van der Waals surface area contributed by atoms with Gasteiger partial charge in [-0.25, -0.2) is 0 Å². The van der Waals surface area contributed by atoms with E-state index in [1.165, 1.54) is 44.7 Å². The van der Waals surface area contributed by atoms with Gasteiger partial charge in [0.1, 0.15) is 0 Å². The Bertz CT molecular complexity index is 495. The van der Waals surface area contributed by atoms with Crippen molar-refractivity contribution in [2.75, 3.05) is 53.4 Å². The second kappa shape index (κ2) is 10.5. The second-order valence-corrected chi connectivity index (χ2v) is 6.77. The first kappa shape index (κ1) is 19.0. The van der Waals surface area contributed by atoms with Crippen molar-refractivity contribution >= 4 is 17.6 Å². The van der Waals surface area contributed by atoms with Crippen molar-refractivity contribution in [1.29, 1.82) is 0 Å². The first-order valence-electron chi connectivity index (χ1n) is 8.77. The molecular weight excluding hydrogens is 322 g/mol. The molecule has 0 aliphatic carbocycles. The number of piperazine rings is 1. The molecule has 0 bridgehead atoms. The highest BCUT2D eigenvalue weighted by atomic mass is 35.5. The topological polar surface area (TPSA) is 42.9 Å². The molecular formula is C18H30ClN5. The summed E-state index contributed by atoms with van der Waals surface area (Å²) in [7, 11) is 4.01. The van der Waals surface area contributed by atoms with Crippen LogP contribution in [0.15, 0.2) is 29.3 Å². The summed E-state index contributed by atoms with van der Waals surface area (Å²) < 4.78 is 0. The van der Waals surface area contributed by atoms with Crippen LogP contribution in [0.2, 0.25) is 5.02 Å². The van der Waals surface area contributed by atoms with Gasteiger partial charge in [0, 0.05) is 51.3 Å².